The molecule has 0 saturated carbocycles. The van der Waals surface area contributed by atoms with Gasteiger partial charge in [0.15, 0.2) is 0 Å². The Hall–Kier alpha value is -3.82. The minimum Gasteiger partial charge on any atom is -0.497 e. The third kappa shape index (κ3) is 5.41. The van der Waals surface area contributed by atoms with E-state index >= 15 is 0 Å². The van der Waals surface area contributed by atoms with E-state index in [1.54, 1.807) is 48.2 Å². The van der Waals surface area contributed by atoms with E-state index in [2.05, 4.69) is 26.3 Å². The molecule has 0 bridgehead atoms. The van der Waals surface area contributed by atoms with Crippen molar-refractivity contribution in [3.8, 4) is 11.5 Å². The van der Waals surface area contributed by atoms with Crippen LogP contribution in [0.15, 0.2) is 36.4 Å². The van der Waals surface area contributed by atoms with E-state index < -0.39 is 0 Å². The number of hydrogen-bond acceptors (Lipinski definition) is 6. The number of nitrogens with one attached hydrogen (secondary N) is 3. The monoisotopic (exact) mass is 426 g/mol. The maximum atomic E-state index is 12.2. The zero-order valence-electron chi connectivity index (χ0n) is 17.9. The lowest BCUT2D eigenvalue weighted by Crippen LogP contribution is -2.31. The maximum Gasteiger partial charge on any atom is 0.319 e. The van der Waals surface area contributed by atoms with Crippen LogP contribution < -0.4 is 25.4 Å². The first kappa shape index (κ1) is 21.9. The van der Waals surface area contributed by atoms with Crippen LogP contribution in [0.25, 0.3) is 11.0 Å². The normalized spacial score (nSPS) is 10.7. The highest BCUT2D eigenvalue weighted by molar-refractivity contribution is 5.97. The number of carbonyl (C=O) groups excluding carboxylic acids is 2. The predicted molar refractivity (Wildman–Crippen MR) is 117 cm³/mol. The van der Waals surface area contributed by atoms with E-state index in [0.29, 0.717) is 41.4 Å². The van der Waals surface area contributed by atoms with E-state index in [9.17, 15) is 9.59 Å². The fourth-order valence-corrected chi connectivity index (χ4v) is 2.97. The van der Waals surface area contributed by atoms with Gasteiger partial charge in [-0.1, -0.05) is 5.21 Å². The van der Waals surface area contributed by atoms with Crippen LogP contribution in [0.3, 0.4) is 0 Å². The van der Waals surface area contributed by atoms with Gasteiger partial charge in [0.2, 0.25) is 0 Å². The number of aromatic nitrogens is 3. The summed E-state index contributed by atoms with van der Waals surface area (Å²) >= 11 is 0. The van der Waals surface area contributed by atoms with Crippen molar-refractivity contribution < 1.29 is 19.1 Å². The molecule has 2 aromatic carbocycles. The lowest BCUT2D eigenvalue weighted by molar-refractivity contribution is 0.0943. The number of methoxy groups -OCH3 is 2. The van der Waals surface area contributed by atoms with Gasteiger partial charge < -0.3 is 25.4 Å². The molecule has 0 aliphatic rings. The van der Waals surface area contributed by atoms with Crippen LogP contribution in [-0.2, 0) is 6.54 Å². The molecule has 0 aliphatic heterocycles. The number of amides is 3. The van der Waals surface area contributed by atoms with Crippen molar-refractivity contribution >= 4 is 28.7 Å². The fraction of sp³-hybridized carbons (Fsp3) is 0.333. The molecule has 1 aromatic heterocycles. The highest BCUT2D eigenvalue weighted by atomic mass is 16.5. The minimum atomic E-state index is -0.375. The Morgan fingerprint density at radius 3 is 2.61 bits per heavy atom. The summed E-state index contributed by atoms with van der Waals surface area (Å²) < 4.78 is 12.1. The summed E-state index contributed by atoms with van der Waals surface area (Å²) in [4.78, 5) is 24.4. The van der Waals surface area contributed by atoms with Gasteiger partial charge in [-0.05, 0) is 44.2 Å². The summed E-state index contributed by atoms with van der Waals surface area (Å²) in [5, 5.41) is 16.6. The Labute approximate surface area is 179 Å². The molecule has 1 heterocycles. The zero-order chi connectivity index (χ0) is 22.4. The highest BCUT2D eigenvalue weighted by Crippen LogP contribution is 2.28. The third-order valence-electron chi connectivity index (χ3n) is 4.46. The van der Waals surface area contributed by atoms with Crippen LogP contribution in [0.1, 0.15) is 24.2 Å². The number of ether oxygens (including phenoxy) is 2. The van der Waals surface area contributed by atoms with Gasteiger partial charge in [0, 0.05) is 24.2 Å². The highest BCUT2D eigenvalue weighted by Gasteiger charge is 2.12. The number of anilines is 1. The van der Waals surface area contributed by atoms with Crippen molar-refractivity contribution in [2.75, 3.05) is 26.1 Å². The number of benzene rings is 2. The van der Waals surface area contributed by atoms with E-state index in [-0.39, 0.29) is 18.0 Å². The van der Waals surface area contributed by atoms with Crippen molar-refractivity contribution in [3.63, 3.8) is 0 Å². The standard InChI is InChI=1S/C21H26N6O4/c1-13(2)23-20(28)14-5-8-18-17(11-14)25-26-27(18)10-9-22-21(29)24-16-7-6-15(30-3)12-19(16)31-4/h5-8,11-13H,9-10H2,1-4H3,(H,23,28)(H2,22,24,29). The topological polar surface area (TPSA) is 119 Å². The Balaban J connectivity index is 1.58. The van der Waals surface area contributed by atoms with Gasteiger partial charge in [-0.15, -0.1) is 5.10 Å². The van der Waals surface area contributed by atoms with Gasteiger partial charge in [0.05, 0.1) is 32.0 Å². The summed E-state index contributed by atoms with van der Waals surface area (Å²) in [5.74, 6) is 0.971. The van der Waals surface area contributed by atoms with Crippen molar-refractivity contribution in [2.24, 2.45) is 0 Å². The Kier molecular flexibility index (Phi) is 6.91. The second-order valence-corrected chi connectivity index (χ2v) is 7.09. The summed E-state index contributed by atoms with van der Waals surface area (Å²) in [6.45, 7) is 4.56. The predicted octanol–water partition coefficient (Wildman–Crippen LogP) is 2.41. The maximum absolute atomic E-state index is 12.2. The molecule has 3 N–H and O–H groups in total. The average molecular weight is 426 g/mol. The van der Waals surface area contributed by atoms with Crippen LogP contribution in [0, 0.1) is 0 Å². The van der Waals surface area contributed by atoms with Gasteiger partial charge >= 0.3 is 6.03 Å². The molecule has 0 unspecified atom stereocenters. The Morgan fingerprint density at radius 2 is 1.90 bits per heavy atom. The second-order valence-electron chi connectivity index (χ2n) is 7.09. The molecule has 0 saturated heterocycles. The molecule has 164 valence electrons. The quantitative estimate of drug-likeness (QED) is 0.509. The van der Waals surface area contributed by atoms with E-state index in [1.165, 1.54) is 7.11 Å². The smallest absolute Gasteiger partial charge is 0.319 e. The van der Waals surface area contributed by atoms with E-state index in [0.717, 1.165) is 5.52 Å². The largest absolute Gasteiger partial charge is 0.497 e. The summed E-state index contributed by atoms with van der Waals surface area (Å²) in [7, 11) is 3.08. The van der Waals surface area contributed by atoms with Crippen molar-refractivity contribution in [1.29, 1.82) is 0 Å². The second kappa shape index (κ2) is 9.79. The van der Waals surface area contributed by atoms with Gasteiger partial charge in [0.25, 0.3) is 5.91 Å². The lowest BCUT2D eigenvalue weighted by atomic mass is 10.2. The number of fused-ring (bicyclic) bond motifs is 1. The molecule has 0 aliphatic carbocycles. The first-order valence-corrected chi connectivity index (χ1v) is 9.82. The third-order valence-corrected chi connectivity index (χ3v) is 4.46. The molecule has 10 nitrogen and oxygen atoms in total. The molecule has 0 fully saturated rings. The number of nitrogens with zero attached hydrogens (tertiary/aromatic N) is 3. The number of carbonyl (C=O) groups is 2. The SMILES string of the molecule is COc1ccc(NC(=O)NCCn2nnc3cc(C(=O)NC(C)C)ccc32)c(OC)c1. The first-order valence-electron chi connectivity index (χ1n) is 9.82. The van der Waals surface area contributed by atoms with Crippen molar-refractivity contribution in [1.82, 2.24) is 25.6 Å². The van der Waals surface area contributed by atoms with Crippen LogP contribution in [0.5, 0.6) is 11.5 Å². The number of rotatable bonds is 8. The summed E-state index contributed by atoms with van der Waals surface area (Å²) in [5.41, 5.74) is 2.45. The molecule has 3 aromatic rings. The molecule has 0 atom stereocenters. The van der Waals surface area contributed by atoms with Crippen LogP contribution >= 0.6 is 0 Å². The van der Waals surface area contributed by atoms with Crippen LogP contribution in [0.2, 0.25) is 0 Å². The van der Waals surface area contributed by atoms with E-state index in [4.69, 9.17) is 9.47 Å². The van der Waals surface area contributed by atoms with Gasteiger partial charge in [-0.25, -0.2) is 9.48 Å². The average Bonchev–Trinajstić information content (AvgIpc) is 3.15. The Morgan fingerprint density at radius 1 is 1.10 bits per heavy atom. The lowest BCUT2D eigenvalue weighted by Gasteiger charge is -2.12. The zero-order valence-corrected chi connectivity index (χ0v) is 17.9. The molecule has 0 spiro atoms. The molecule has 3 rings (SSSR count). The van der Waals surface area contributed by atoms with Crippen LogP contribution in [-0.4, -0.2) is 53.7 Å². The summed E-state index contributed by atoms with van der Waals surface area (Å²) in [6, 6.07) is 10.0. The molecule has 0 radical (unpaired) electrons. The van der Waals surface area contributed by atoms with Gasteiger partial charge in [0.1, 0.15) is 17.0 Å². The van der Waals surface area contributed by atoms with Gasteiger partial charge in [-0.2, -0.15) is 0 Å². The molecule has 31 heavy (non-hydrogen) atoms. The first-order chi connectivity index (χ1) is 14.9. The van der Waals surface area contributed by atoms with E-state index in [1.807, 2.05) is 13.8 Å². The number of hydrogen-bond donors (Lipinski definition) is 3. The molecular weight excluding hydrogens is 400 g/mol. The Bertz CT molecular complexity index is 1080. The molecular formula is C21H26N6O4. The summed E-state index contributed by atoms with van der Waals surface area (Å²) in [6.07, 6.45) is 0. The van der Waals surface area contributed by atoms with Crippen molar-refractivity contribution in [2.45, 2.75) is 26.4 Å². The minimum absolute atomic E-state index is 0.0500. The van der Waals surface area contributed by atoms with Crippen LogP contribution in [0.4, 0.5) is 10.5 Å². The fourth-order valence-electron chi connectivity index (χ4n) is 2.97. The van der Waals surface area contributed by atoms with Gasteiger partial charge in [-0.3, -0.25) is 4.79 Å². The number of urea groups is 1. The molecule has 10 heteroatoms. The molecule has 3 amide bonds. The van der Waals surface area contributed by atoms with Crippen molar-refractivity contribution in [3.05, 3.63) is 42.0 Å².